The Labute approximate surface area is 56.6 Å². The maximum atomic E-state index is 10.3. The summed E-state index contributed by atoms with van der Waals surface area (Å²) >= 11 is 0. The van der Waals surface area contributed by atoms with E-state index in [0.717, 1.165) is 12.8 Å². The van der Waals surface area contributed by atoms with Crippen LogP contribution in [0.2, 0.25) is 0 Å². The van der Waals surface area contributed by atoms with Crippen LogP contribution in [0.4, 0.5) is 0 Å². The molecule has 0 radical (unpaired) electrons. The van der Waals surface area contributed by atoms with Crippen molar-refractivity contribution >= 4 is 5.91 Å². The van der Waals surface area contributed by atoms with E-state index in [-0.39, 0.29) is 5.91 Å². The van der Waals surface area contributed by atoms with Gasteiger partial charge in [-0.3, -0.25) is 4.79 Å². The third-order valence-corrected chi connectivity index (χ3v) is 1.21. The van der Waals surface area contributed by atoms with Gasteiger partial charge in [-0.1, -0.05) is 13.8 Å². The Balaban J connectivity index is 0.000000291. The highest BCUT2D eigenvalue weighted by atomic mass is 16.1. The largest absolute Gasteiger partial charge is 0.354 e. The van der Waals surface area contributed by atoms with Gasteiger partial charge in [0, 0.05) is 12.5 Å². The van der Waals surface area contributed by atoms with E-state index in [0.29, 0.717) is 6.04 Å². The number of carbonyl (C=O) groups is 1. The summed E-state index contributed by atoms with van der Waals surface area (Å²) in [5.41, 5.74) is 0. The summed E-state index contributed by atoms with van der Waals surface area (Å²) in [7, 11) is 0. The lowest BCUT2D eigenvalue weighted by Gasteiger charge is -1.95. The van der Waals surface area contributed by atoms with Gasteiger partial charge in [0.2, 0.25) is 5.91 Å². The molecule has 0 aromatic heterocycles. The molecule has 1 amide bonds. The molecule has 0 saturated carbocycles. The molecule has 2 heteroatoms. The van der Waals surface area contributed by atoms with Gasteiger partial charge in [-0.25, -0.2) is 0 Å². The first-order chi connectivity index (χ1) is 4.29. The first kappa shape index (κ1) is 8.47. The second-order valence-corrected chi connectivity index (χ2v) is 2.01. The third kappa shape index (κ3) is 3.12. The van der Waals surface area contributed by atoms with Crippen LogP contribution in [0.25, 0.3) is 0 Å². The Morgan fingerprint density at radius 2 is 2.11 bits per heavy atom. The highest BCUT2D eigenvalue weighted by Crippen LogP contribution is 2.03. The second-order valence-electron chi connectivity index (χ2n) is 2.01. The molecule has 1 fully saturated rings. The first-order valence-electron chi connectivity index (χ1n) is 3.58. The fourth-order valence-electron chi connectivity index (χ4n) is 0.767. The molecule has 54 valence electrons. The van der Waals surface area contributed by atoms with Gasteiger partial charge >= 0.3 is 0 Å². The summed E-state index contributed by atoms with van der Waals surface area (Å²) in [6.45, 7) is 6.02. The summed E-state index contributed by atoms with van der Waals surface area (Å²) in [5, 5.41) is 2.78. The smallest absolute Gasteiger partial charge is 0.220 e. The topological polar surface area (TPSA) is 29.1 Å². The van der Waals surface area contributed by atoms with E-state index < -0.39 is 0 Å². The van der Waals surface area contributed by atoms with Crippen molar-refractivity contribution in [2.24, 2.45) is 0 Å². The minimum absolute atomic E-state index is 0.201. The number of nitrogens with one attached hydrogen (secondary N) is 1. The third-order valence-electron chi connectivity index (χ3n) is 1.21. The summed E-state index contributed by atoms with van der Waals surface area (Å²) in [6.07, 6.45) is 1.74. The van der Waals surface area contributed by atoms with Crippen LogP contribution < -0.4 is 5.32 Å². The Hall–Kier alpha value is -0.530. The molecule has 1 N–H and O–H groups in total. The zero-order valence-electron chi connectivity index (χ0n) is 6.40. The van der Waals surface area contributed by atoms with Crippen molar-refractivity contribution in [3.63, 3.8) is 0 Å². The van der Waals surface area contributed by atoms with Gasteiger partial charge in [-0.15, -0.1) is 0 Å². The van der Waals surface area contributed by atoms with Gasteiger partial charge < -0.3 is 5.32 Å². The molecule has 0 aliphatic carbocycles. The summed E-state index contributed by atoms with van der Waals surface area (Å²) < 4.78 is 0. The van der Waals surface area contributed by atoms with E-state index >= 15 is 0 Å². The van der Waals surface area contributed by atoms with Gasteiger partial charge in [-0.2, -0.15) is 0 Å². The van der Waals surface area contributed by atoms with E-state index in [1.165, 1.54) is 0 Å². The quantitative estimate of drug-likeness (QED) is 0.525. The summed E-state index contributed by atoms with van der Waals surface area (Å²) in [5.74, 6) is 0.201. The van der Waals surface area contributed by atoms with Gasteiger partial charge in [-0.05, 0) is 13.3 Å². The van der Waals surface area contributed by atoms with Crippen LogP contribution in [-0.2, 0) is 4.79 Å². The van der Waals surface area contributed by atoms with E-state index in [9.17, 15) is 4.79 Å². The van der Waals surface area contributed by atoms with Gasteiger partial charge in [0.1, 0.15) is 0 Å². The maximum Gasteiger partial charge on any atom is 0.220 e. The Kier molecular flexibility index (Phi) is 4.10. The highest BCUT2D eigenvalue weighted by molar-refractivity contribution is 5.78. The standard InChI is InChI=1S/C5H9NO.C2H6/c1-4-2-3-5(7)6-4;1-2/h4H,2-3H2,1H3,(H,6,7);1-2H3. The summed E-state index contributed by atoms with van der Waals surface area (Å²) in [6, 6.07) is 0.424. The molecule has 1 heterocycles. The number of carbonyl (C=O) groups excluding carboxylic acids is 1. The number of amides is 1. The molecule has 1 atom stereocenters. The lowest BCUT2D eigenvalue weighted by atomic mass is 10.3. The molecular weight excluding hydrogens is 114 g/mol. The van der Waals surface area contributed by atoms with Crippen LogP contribution in [0.15, 0.2) is 0 Å². The lowest BCUT2D eigenvalue weighted by molar-refractivity contribution is -0.119. The molecule has 9 heavy (non-hydrogen) atoms. The molecule has 0 bridgehead atoms. The minimum atomic E-state index is 0.201. The second kappa shape index (κ2) is 4.36. The molecule has 1 aliphatic heterocycles. The molecule has 2 nitrogen and oxygen atoms in total. The Bertz CT molecular complexity index is 90.9. The van der Waals surface area contributed by atoms with Crippen LogP contribution in [0.3, 0.4) is 0 Å². The lowest BCUT2D eigenvalue weighted by Crippen LogP contribution is -2.21. The van der Waals surface area contributed by atoms with Crippen LogP contribution in [-0.4, -0.2) is 11.9 Å². The van der Waals surface area contributed by atoms with Crippen molar-refractivity contribution in [1.82, 2.24) is 5.32 Å². The van der Waals surface area contributed by atoms with E-state index in [1.54, 1.807) is 0 Å². The normalized spacial score (nSPS) is 24.3. The zero-order chi connectivity index (χ0) is 7.28. The fraction of sp³-hybridized carbons (Fsp3) is 0.857. The SMILES string of the molecule is CC.CC1CCC(=O)N1. The number of hydrogen-bond donors (Lipinski definition) is 1. The number of hydrogen-bond acceptors (Lipinski definition) is 1. The van der Waals surface area contributed by atoms with Gasteiger partial charge in [0.15, 0.2) is 0 Å². The van der Waals surface area contributed by atoms with Crippen LogP contribution >= 0.6 is 0 Å². The molecule has 0 aromatic carbocycles. The first-order valence-corrected chi connectivity index (χ1v) is 3.58. The van der Waals surface area contributed by atoms with E-state index in [2.05, 4.69) is 5.32 Å². The van der Waals surface area contributed by atoms with Crippen molar-refractivity contribution in [3.8, 4) is 0 Å². The van der Waals surface area contributed by atoms with E-state index in [1.807, 2.05) is 20.8 Å². The van der Waals surface area contributed by atoms with Crippen LogP contribution in [0.1, 0.15) is 33.6 Å². The van der Waals surface area contributed by atoms with Crippen LogP contribution in [0.5, 0.6) is 0 Å². The van der Waals surface area contributed by atoms with Crippen molar-refractivity contribution in [3.05, 3.63) is 0 Å². The maximum absolute atomic E-state index is 10.3. The molecule has 0 spiro atoms. The fourth-order valence-corrected chi connectivity index (χ4v) is 0.767. The van der Waals surface area contributed by atoms with Gasteiger partial charge in [0.05, 0.1) is 0 Å². The minimum Gasteiger partial charge on any atom is -0.354 e. The average Bonchev–Trinajstić information content (AvgIpc) is 2.20. The molecule has 1 rings (SSSR count). The predicted octanol–water partition coefficient (Wildman–Crippen LogP) is 1.31. The molecule has 1 saturated heterocycles. The van der Waals surface area contributed by atoms with Crippen molar-refractivity contribution in [2.75, 3.05) is 0 Å². The summed E-state index contributed by atoms with van der Waals surface area (Å²) in [4.78, 5) is 10.3. The number of rotatable bonds is 0. The molecular formula is C7H15NO. The Morgan fingerprint density at radius 1 is 1.56 bits per heavy atom. The van der Waals surface area contributed by atoms with Crippen molar-refractivity contribution < 1.29 is 4.79 Å². The molecule has 0 aromatic rings. The van der Waals surface area contributed by atoms with Gasteiger partial charge in [0.25, 0.3) is 0 Å². The van der Waals surface area contributed by atoms with E-state index in [4.69, 9.17) is 0 Å². The van der Waals surface area contributed by atoms with Crippen molar-refractivity contribution in [1.29, 1.82) is 0 Å². The molecule has 1 unspecified atom stereocenters. The van der Waals surface area contributed by atoms with Crippen LogP contribution in [0, 0.1) is 0 Å². The zero-order valence-corrected chi connectivity index (χ0v) is 6.40. The highest BCUT2D eigenvalue weighted by Gasteiger charge is 2.14. The monoisotopic (exact) mass is 129 g/mol. The average molecular weight is 129 g/mol. The molecule has 1 aliphatic rings. The predicted molar refractivity (Wildman–Crippen MR) is 38.2 cm³/mol. The Morgan fingerprint density at radius 3 is 2.22 bits per heavy atom. The van der Waals surface area contributed by atoms with Crippen molar-refractivity contribution in [2.45, 2.75) is 39.7 Å².